The Labute approximate surface area is 233 Å². The number of amides is 2. The molecule has 1 heterocycles. The summed E-state index contributed by atoms with van der Waals surface area (Å²) in [5.41, 5.74) is -0.983. The van der Waals surface area contributed by atoms with Crippen LogP contribution in [0.15, 0.2) is 40.9 Å². The predicted molar refractivity (Wildman–Crippen MR) is 128 cm³/mol. The molecular weight excluding hydrogens is 660 g/mol. The molecule has 2 aromatic rings. The molecule has 1 saturated heterocycles. The van der Waals surface area contributed by atoms with Crippen LogP contribution in [-0.4, -0.2) is 48.4 Å². The molecule has 3 rings (SSSR count). The number of nitrogens with zero attached hydrogens (tertiary/aromatic N) is 1. The Morgan fingerprint density at radius 2 is 1.74 bits per heavy atom. The van der Waals surface area contributed by atoms with Gasteiger partial charge >= 0.3 is 12.4 Å². The second-order valence-electron chi connectivity index (χ2n) is 7.84. The summed E-state index contributed by atoms with van der Waals surface area (Å²) < 4.78 is 93.6. The van der Waals surface area contributed by atoms with E-state index in [4.69, 9.17) is 34.8 Å². The van der Waals surface area contributed by atoms with Crippen molar-refractivity contribution in [3.8, 4) is 0 Å². The largest absolute Gasteiger partial charge is 0.408 e. The van der Waals surface area contributed by atoms with Crippen LogP contribution in [0, 0.1) is 0 Å². The number of rotatable bonds is 6. The van der Waals surface area contributed by atoms with E-state index in [2.05, 4.69) is 26.1 Å². The summed E-state index contributed by atoms with van der Waals surface area (Å²) >= 11 is 20.4. The zero-order chi connectivity index (χ0) is 28.6. The third kappa shape index (κ3) is 7.32. The molecule has 0 aromatic heterocycles. The highest BCUT2D eigenvalue weighted by Gasteiger charge is 2.42. The Morgan fingerprint density at radius 3 is 2.26 bits per heavy atom. The normalized spacial score (nSPS) is 17.7. The van der Waals surface area contributed by atoms with E-state index in [0.717, 1.165) is 30.3 Å². The Bertz CT molecular complexity index is 1260. The number of hydrogen-bond acceptors (Lipinski definition) is 3. The van der Waals surface area contributed by atoms with Crippen LogP contribution in [0.1, 0.15) is 27.4 Å². The molecule has 1 aliphatic rings. The van der Waals surface area contributed by atoms with Crippen LogP contribution in [0.3, 0.4) is 0 Å². The molecule has 16 heteroatoms. The van der Waals surface area contributed by atoms with Gasteiger partial charge in [-0.15, -0.1) is 0 Å². The highest BCUT2D eigenvalue weighted by molar-refractivity contribution is 9.10. The quantitative estimate of drug-likeness (QED) is 0.256. The minimum Gasteiger partial charge on any atom is -0.338 e. The number of hydrogen-bond donors (Lipinski definition) is 1. The highest BCUT2D eigenvalue weighted by atomic mass is 79.9. The first-order valence-corrected chi connectivity index (χ1v) is 12.1. The van der Waals surface area contributed by atoms with Gasteiger partial charge in [0.2, 0.25) is 0 Å². The molecule has 1 N–H and O–H groups in total. The molecule has 1 aliphatic heterocycles. The molecule has 5 nitrogen and oxygen atoms in total. The van der Waals surface area contributed by atoms with E-state index in [0.29, 0.717) is 6.08 Å². The van der Waals surface area contributed by atoms with Crippen molar-refractivity contribution < 1.29 is 45.2 Å². The van der Waals surface area contributed by atoms with Crippen LogP contribution in [0.25, 0.3) is 5.83 Å². The Balaban J connectivity index is 1.81. The number of nitrogens with one attached hydrogen (secondary N) is 1. The third-order valence-electron chi connectivity index (χ3n) is 5.09. The van der Waals surface area contributed by atoms with Crippen LogP contribution in [-0.2, 0) is 9.63 Å². The van der Waals surface area contributed by atoms with Gasteiger partial charge in [-0.3, -0.25) is 14.4 Å². The van der Waals surface area contributed by atoms with Gasteiger partial charge in [0.25, 0.3) is 11.8 Å². The van der Waals surface area contributed by atoms with Crippen LogP contribution in [0.4, 0.5) is 30.7 Å². The van der Waals surface area contributed by atoms with Crippen LogP contribution < -0.4 is 5.32 Å². The summed E-state index contributed by atoms with van der Waals surface area (Å²) in [5, 5.41) is 1.57. The van der Waals surface area contributed by atoms with Crippen molar-refractivity contribution in [3.05, 3.63) is 72.6 Å². The van der Waals surface area contributed by atoms with Gasteiger partial charge in [0, 0.05) is 10.0 Å². The predicted octanol–water partition coefficient (Wildman–Crippen LogP) is 7.50. The number of carbonyl (C=O) groups is 2. The summed E-state index contributed by atoms with van der Waals surface area (Å²) in [6.07, 6.45) is -9.37. The minimum absolute atomic E-state index is 0.0708. The first kappa shape index (κ1) is 30.5. The summed E-state index contributed by atoms with van der Waals surface area (Å²) in [5.74, 6) is -5.81. The number of benzene rings is 2. The Morgan fingerprint density at radius 1 is 1.13 bits per heavy atom. The van der Waals surface area contributed by atoms with Gasteiger partial charge in [0.1, 0.15) is 30.9 Å². The second-order valence-corrected chi connectivity index (χ2v) is 9.89. The van der Waals surface area contributed by atoms with E-state index in [1.807, 2.05) is 0 Å². The van der Waals surface area contributed by atoms with Gasteiger partial charge in [-0.25, -0.2) is 9.45 Å². The van der Waals surface area contributed by atoms with Crippen LogP contribution in [0.2, 0.25) is 15.1 Å². The standard InChI is InChI=1S/C22H13BrCl3F7N2O3/c23-13-3-9(16(27)6-12(22(31,32)33)10-4-14(24)18(26)15(25)5-10)1-2-11(13)19(36)34-17-7-38-35(20(17)37)8-21(28,29)30/h1-6,12,17H,7-8H2,(H,34,36)/b16-6-/t12?,17-/m1/s1. The molecule has 206 valence electrons. The fraction of sp³-hybridized carbons (Fsp3) is 0.273. The van der Waals surface area contributed by atoms with Gasteiger partial charge < -0.3 is 5.32 Å². The van der Waals surface area contributed by atoms with Gasteiger partial charge in [0.15, 0.2) is 0 Å². The van der Waals surface area contributed by atoms with Gasteiger partial charge in [-0.2, -0.15) is 26.3 Å². The zero-order valence-corrected chi connectivity index (χ0v) is 22.2. The highest BCUT2D eigenvalue weighted by Crippen LogP contribution is 2.42. The van der Waals surface area contributed by atoms with Crippen molar-refractivity contribution in [1.29, 1.82) is 0 Å². The zero-order valence-electron chi connectivity index (χ0n) is 18.4. The number of alkyl halides is 6. The molecule has 2 amide bonds. The maximum Gasteiger partial charge on any atom is 0.408 e. The summed E-state index contributed by atoms with van der Waals surface area (Å²) in [6, 6.07) is 3.46. The van der Waals surface area contributed by atoms with Crippen molar-refractivity contribution >= 4 is 68.4 Å². The number of halogens is 11. The van der Waals surface area contributed by atoms with E-state index in [1.165, 1.54) is 0 Å². The number of hydroxylamine groups is 2. The average molecular weight is 673 g/mol. The average Bonchev–Trinajstić information content (AvgIpc) is 3.11. The Kier molecular flexibility index (Phi) is 9.29. The van der Waals surface area contributed by atoms with Crippen molar-refractivity contribution in [1.82, 2.24) is 10.4 Å². The maximum atomic E-state index is 14.9. The van der Waals surface area contributed by atoms with E-state index >= 15 is 0 Å². The van der Waals surface area contributed by atoms with Crippen LogP contribution in [0.5, 0.6) is 0 Å². The number of carbonyl (C=O) groups excluding carboxylic acids is 2. The fourth-order valence-corrected chi connectivity index (χ4v) is 4.50. The molecule has 0 spiro atoms. The minimum atomic E-state index is -4.94. The lowest BCUT2D eigenvalue weighted by atomic mass is 9.96. The van der Waals surface area contributed by atoms with Crippen molar-refractivity contribution in [3.63, 3.8) is 0 Å². The molecule has 1 unspecified atom stereocenters. The fourth-order valence-electron chi connectivity index (χ4n) is 3.32. The Hall–Kier alpha value is -2.06. The maximum absolute atomic E-state index is 14.9. The summed E-state index contributed by atoms with van der Waals surface area (Å²) in [7, 11) is 0. The monoisotopic (exact) mass is 670 g/mol. The first-order valence-electron chi connectivity index (χ1n) is 10.2. The lowest BCUT2D eigenvalue weighted by Crippen LogP contribution is -2.44. The summed E-state index contributed by atoms with van der Waals surface area (Å²) in [4.78, 5) is 29.2. The topological polar surface area (TPSA) is 58.6 Å². The molecule has 1 fully saturated rings. The lowest BCUT2D eigenvalue weighted by Gasteiger charge is -2.19. The molecule has 0 radical (unpaired) electrons. The van der Waals surface area contributed by atoms with Crippen LogP contribution >= 0.6 is 50.7 Å². The van der Waals surface area contributed by atoms with E-state index in [-0.39, 0.29) is 35.7 Å². The van der Waals surface area contributed by atoms with Crippen molar-refractivity contribution in [2.75, 3.05) is 13.2 Å². The van der Waals surface area contributed by atoms with Crippen molar-refractivity contribution in [2.45, 2.75) is 24.3 Å². The smallest absolute Gasteiger partial charge is 0.338 e. The van der Waals surface area contributed by atoms with E-state index in [9.17, 15) is 40.3 Å². The second kappa shape index (κ2) is 11.6. The van der Waals surface area contributed by atoms with Gasteiger partial charge in [0.05, 0.1) is 20.6 Å². The van der Waals surface area contributed by atoms with Crippen molar-refractivity contribution in [2.24, 2.45) is 0 Å². The first-order chi connectivity index (χ1) is 17.5. The molecule has 38 heavy (non-hydrogen) atoms. The van der Waals surface area contributed by atoms with E-state index < -0.39 is 60.7 Å². The van der Waals surface area contributed by atoms with Gasteiger partial charge in [-0.1, -0.05) is 40.9 Å². The molecular formula is C22H13BrCl3F7N2O3. The number of allylic oxidation sites excluding steroid dienone is 1. The molecule has 0 aliphatic carbocycles. The SMILES string of the molecule is O=C(N[C@@H]1CON(CC(F)(F)F)C1=O)c1ccc(/C(F)=C/C(c2cc(Cl)c(Cl)c(Cl)c2)C(F)(F)F)cc1Br. The van der Waals surface area contributed by atoms with Gasteiger partial charge in [-0.05, 0) is 51.8 Å². The lowest BCUT2D eigenvalue weighted by molar-refractivity contribution is -0.214. The molecule has 0 bridgehead atoms. The summed E-state index contributed by atoms with van der Waals surface area (Å²) in [6.45, 7) is -2.22. The molecule has 2 atom stereocenters. The molecule has 0 saturated carbocycles. The third-order valence-corrected chi connectivity index (χ3v) is 6.94. The van der Waals surface area contributed by atoms with E-state index in [1.54, 1.807) is 0 Å². The molecule has 2 aromatic carbocycles.